The molecule has 0 saturated carbocycles. The maximum atomic E-state index is 3.59. The van der Waals surface area contributed by atoms with Gasteiger partial charge in [-0.05, 0) is 57.0 Å². The van der Waals surface area contributed by atoms with Crippen molar-refractivity contribution in [2.75, 3.05) is 18.4 Å². The number of hydrogen-bond donors (Lipinski definition) is 2. The Balaban J connectivity index is 1.93. The maximum absolute atomic E-state index is 3.59. The van der Waals surface area contributed by atoms with Crippen LogP contribution in [0.5, 0.6) is 0 Å². The standard InChI is InChI=1S/C13H19BrN2/c1-10(11-5-7-15-8-6-11)16-13-4-2-3-12(14)9-13/h2-4,9-11,15-16H,5-8H2,1H3. The van der Waals surface area contributed by atoms with Crippen LogP contribution in [0.3, 0.4) is 0 Å². The van der Waals surface area contributed by atoms with Crippen molar-refractivity contribution in [2.45, 2.75) is 25.8 Å². The molecule has 3 heteroatoms. The lowest BCUT2D eigenvalue weighted by molar-refractivity contribution is 0.343. The third-order valence-corrected chi connectivity index (χ3v) is 3.80. The highest BCUT2D eigenvalue weighted by Crippen LogP contribution is 2.22. The first kappa shape index (κ1) is 11.9. The SMILES string of the molecule is CC(Nc1cccc(Br)c1)C1CCNCC1. The van der Waals surface area contributed by atoms with E-state index in [0.717, 1.165) is 23.5 Å². The van der Waals surface area contributed by atoms with E-state index in [1.807, 2.05) is 0 Å². The number of piperidine rings is 1. The summed E-state index contributed by atoms with van der Waals surface area (Å²) < 4.78 is 1.13. The third kappa shape index (κ3) is 3.22. The molecule has 0 aliphatic carbocycles. The van der Waals surface area contributed by atoms with E-state index < -0.39 is 0 Å². The summed E-state index contributed by atoms with van der Waals surface area (Å²) >= 11 is 3.50. The second-order valence-corrected chi connectivity index (χ2v) is 5.45. The fourth-order valence-electron chi connectivity index (χ4n) is 2.30. The Morgan fingerprint density at radius 1 is 1.38 bits per heavy atom. The van der Waals surface area contributed by atoms with Crippen LogP contribution < -0.4 is 10.6 Å². The number of anilines is 1. The fourth-order valence-corrected chi connectivity index (χ4v) is 2.70. The lowest BCUT2D eigenvalue weighted by Crippen LogP contribution is -2.36. The lowest BCUT2D eigenvalue weighted by Gasteiger charge is -2.29. The highest BCUT2D eigenvalue weighted by atomic mass is 79.9. The summed E-state index contributed by atoms with van der Waals surface area (Å²) in [6, 6.07) is 8.94. The van der Waals surface area contributed by atoms with E-state index >= 15 is 0 Å². The Bertz CT molecular complexity index is 334. The summed E-state index contributed by atoms with van der Waals surface area (Å²) in [5.41, 5.74) is 1.21. The molecule has 0 aromatic heterocycles. The average molecular weight is 283 g/mol. The van der Waals surface area contributed by atoms with Gasteiger partial charge in [0.2, 0.25) is 0 Å². The molecule has 1 aliphatic rings. The first-order chi connectivity index (χ1) is 7.75. The molecule has 1 aromatic rings. The normalized spacial score (nSPS) is 19.4. The minimum absolute atomic E-state index is 0.552. The minimum atomic E-state index is 0.552. The molecule has 1 fully saturated rings. The van der Waals surface area contributed by atoms with Crippen molar-refractivity contribution in [1.29, 1.82) is 0 Å². The molecule has 0 spiro atoms. The molecule has 0 amide bonds. The van der Waals surface area contributed by atoms with E-state index in [0.29, 0.717) is 6.04 Å². The first-order valence-electron chi connectivity index (χ1n) is 5.98. The summed E-state index contributed by atoms with van der Waals surface area (Å²) in [6.07, 6.45) is 2.56. The van der Waals surface area contributed by atoms with Crippen LogP contribution in [0.2, 0.25) is 0 Å². The Kier molecular flexibility index (Phi) is 4.24. The fraction of sp³-hybridized carbons (Fsp3) is 0.538. The van der Waals surface area contributed by atoms with Crippen molar-refractivity contribution >= 4 is 21.6 Å². The van der Waals surface area contributed by atoms with Crippen molar-refractivity contribution in [3.8, 4) is 0 Å². The number of rotatable bonds is 3. The molecule has 1 unspecified atom stereocenters. The summed E-state index contributed by atoms with van der Waals surface area (Å²) in [5.74, 6) is 0.792. The first-order valence-corrected chi connectivity index (χ1v) is 6.78. The number of hydrogen-bond acceptors (Lipinski definition) is 2. The van der Waals surface area contributed by atoms with Crippen LogP contribution in [0.4, 0.5) is 5.69 Å². The van der Waals surface area contributed by atoms with Crippen LogP contribution >= 0.6 is 15.9 Å². The Morgan fingerprint density at radius 3 is 2.81 bits per heavy atom. The van der Waals surface area contributed by atoms with Gasteiger partial charge >= 0.3 is 0 Å². The van der Waals surface area contributed by atoms with Crippen LogP contribution in [0, 0.1) is 5.92 Å². The Labute approximate surface area is 106 Å². The number of halogens is 1. The summed E-state index contributed by atoms with van der Waals surface area (Å²) in [5, 5.41) is 7.00. The van der Waals surface area contributed by atoms with E-state index in [-0.39, 0.29) is 0 Å². The third-order valence-electron chi connectivity index (χ3n) is 3.31. The van der Waals surface area contributed by atoms with Crippen LogP contribution in [0.1, 0.15) is 19.8 Å². The van der Waals surface area contributed by atoms with Crippen LogP contribution in [0.15, 0.2) is 28.7 Å². The quantitative estimate of drug-likeness (QED) is 0.889. The van der Waals surface area contributed by atoms with Gasteiger partial charge in [-0.1, -0.05) is 22.0 Å². The van der Waals surface area contributed by atoms with Gasteiger partial charge in [0.1, 0.15) is 0 Å². The molecule has 1 saturated heterocycles. The van der Waals surface area contributed by atoms with Crippen molar-refractivity contribution in [1.82, 2.24) is 5.32 Å². The van der Waals surface area contributed by atoms with Crippen molar-refractivity contribution in [2.24, 2.45) is 5.92 Å². The van der Waals surface area contributed by atoms with E-state index in [2.05, 4.69) is 57.8 Å². The van der Waals surface area contributed by atoms with E-state index in [9.17, 15) is 0 Å². The molecule has 88 valence electrons. The summed E-state index contributed by atoms with van der Waals surface area (Å²) in [6.45, 7) is 4.61. The van der Waals surface area contributed by atoms with Gasteiger partial charge in [-0.2, -0.15) is 0 Å². The van der Waals surface area contributed by atoms with Crippen molar-refractivity contribution in [3.63, 3.8) is 0 Å². The monoisotopic (exact) mass is 282 g/mol. The molecule has 2 rings (SSSR count). The number of benzene rings is 1. The van der Waals surface area contributed by atoms with E-state index in [1.165, 1.54) is 18.5 Å². The van der Waals surface area contributed by atoms with Gasteiger partial charge in [0.05, 0.1) is 0 Å². The molecule has 1 aliphatic heterocycles. The van der Waals surface area contributed by atoms with Gasteiger partial charge in [-0.15, -0.1) is 0 Å². The largest absolute Gasteiger partial charge is 0.382 e. The molecule has 16 heavy (non-hydrogen) atoms. The molecular weight excluding hydrogens is 264 g/mol. The topological polar surface area (TPSA) is 24.1 Å². The van der Waals surface area contributed by atoms with E-state index in [4.69, 9.17) is 0 Å². The zero-order valence-corrected chi connectivity index (χ0v) is 11.3. The summed E-state index contributed by atoms with van der Waals surface area (Å²) in [7, 11) is 0. The molecule has 0 radical (unpaired) electrons. The predicted octanol–water partition coefficient (Wildman–Crippen LogP) is 3.25. The molecule has 1 heterocycles. The molecular formula is C13H19BrN2. The smallest absolute Gasteiger partial charge is 0.0353 e. The van der Waals surface area contributed by atoms with Crippen molar-refractivity contribution < 1.29 is 0 Å². The molecule has 0 bridgehead atoms. The van der Waals surface area contributed by atoms with Crippen LogP contribution in [0.25, 0.3) is 0 Å². The molecule has 1 atom stereocenters. The molecule has 2 N–H and O–H groups in total. The van der Waals surface area contributed by atoms with Crippen LogP contribution in [-0.4, -0.2) is 19.1 Å². The summed E-state index contributed by atoms with van der Waals surface area (Å²) in [4.78, 5) is 0. The van der Waals surface area contributed by atoms with Gasteiger partial charge in [0, 0.05) is 16.2 Å². The van der Waals surface area contributed by atoms with Gasteiger partial charge in [0.15, 0.2) is 0 Å². The zero-order chi connectivity index (χ0) is 11.4. The Morgan fingerprint density at radius 2 is 2.12 bits per heavy atom. The van der Waals surface area contributed by atoms with Crippen LogP contribution in [-0.2, 0) is 0 Å². The highest BCUT2D eigenvalue weighted by Gasteiger charge is 2.19. The highest BCUT2D eigenvalue weighted by molar-refractivity contribution is 9.10. The number of nitrogens with one attached hydrogen (secondary N) is 2. The predicted molar refractivity (Wildman–Crippen MR) is 72.8 cm³/mol. The Hall–Kier alpha value is -0.540. The van der Waals surface area contributed by atoms with Gasteiger partial charge in [0.25, 0.3) is 0 Å². The average Bonchev–Trinajstić information content (AvgIpc) is 2.30. The minimum Gasteiger partial charge on any atom is -0.382 e. The lowest BCUT2D eigenvalue weighted by atomic mass is 9.91. The van der Waals surface area contributed by atoms with Crippen molar-refractivity contribution in [3.05, 3.63) is 28.7 Å². The molecule has 2 nitrogen and oxygen atoms in total. The van der Waals surface area contributed by atoms with Gasteiger partial charge in [-0.25, -0.2) is 0 Å². The second-order valence-electron chi connectivity index (χ2n) is 4.53. The van der Waals surface area contributed by atoms with E-state index in [1.54, 1.807) is 0 Å². The van der Waals surface area contributed by atoms with Gasteiger partial charge in [-0.3, -0.25) is 0 Å². The molecule has 1 aromatic carbocycles. The zero-order valence-electron chi connectivity index (χ0n) is 9.67. The van der Waals surface area contributed by atoms with Gasteiger partial charge < -0.3 is 10.6 Å². The maximum Gasteiger partial charge on any atom is 0.0353 e. The second kappa shape index (κ2) is 5.69.